The Balaban J connectivity index is 1.49. The normalized spacial score (nSPS) is 15.0. The number of piperidine rings is 1. The summed E-state index contributed by atoms with van der Waals surface area (Å²) in [6, 6.07) is 14.1. The summed E-state index contributed by atoms with van der Waals surface area (Å²) in [5, 5.41) is 10.7. The summed E-state index contributed by atoms with van der Waals surface area (Å²) in [5.41, 5.74) is 4.36. The van der Waals surface area contributed by atoms with Crippen molar-refractivity contribution in [3.05, 3.63) is 68.2 Å². The van der Waals surface area contributed by atoms with E-state index < -0.39 is 0 Å². The van der Waals surface area contributed by atoms with E-state index in [1.165, 1.54) is 0 Å². The number of oxazole rings is 1. The minimum atomic E-state index is -0.264. The highest BCUT2D eigenvalue weighted by Gasteiger charge is 2.28. The van der Waals surface area contributed by atoms with Crippen LogP contribution in [0.5, 0.6) is 0 Å². The first-order valence-electron chi connectivity index (χ1n) is 10.3. The van der Waals surface area contributed by atoms with Gasteiger partial charge in [0.1, 0.15) is 17.1 Å². The lowest BCUT2D eigenvalue weighted by molar-refractivity contribution is 0.407. The molecule has 0 bridgehead atoms. The van der Waals surface area contributed by atoms with Crippen molar-refractivity contribution in [3.8, 4) is 6.07 Å². The van der Waals surface area contributed by atoms with Gasteiger partial charge in [-0.3, -0.25) is 4.79 Å². The number of hydrogen-bond donors (Lipinski definition) is 0. The smallest absolute Gasteiger partial charge is 0.270 e. The molecule has 0 radical (unpaired) electrons. The zero-order valence-electron chi connectivity index (χ0n) is 17.4. The van der Waals surface area contributed by atoms with Gasteiger partial charge in [0.05, 0.1) is 11.2 Å². The SMILES string of the molecule is Cc1ccc2oc(C3CCN(c4c(C#N)c(=O)n(C)c5cc(Br)ccc45)CC3)nc2c1. The number of anilines is 1. The van der Waals surface area contributed by atoms with Crippen LogP contribution < -0.4 is 10.5 Å². The fourth-order valence-corrected chi connectivity index (χ4v) is 4.85. The molecular weight excluding hydrogens is 456 g/mol. The van der Waals surface area contributed by atoms with Gasteiger partial charge in [0.2, 0.25) is 0 Å². The molecule has 0 atom stereocenters. The van der Waals surface area contributed by atoms with E-state index in [-0.39, 0.29) is 17.0 Å². The van der Waals surface area contributed by atoms with E-state index in [9.17, 15) is 10.1 Å². The number of rotatable bonds is 2. The highest BCUT2D eigenvalue weighted by atomic mass is 79.9. The van der Waals surface area contributed by atoms with Crippen molar-refractivity contribution in [3.63, 3.8) is 0 Å². The van der Waals surface area contributed by atoms with Crippen LogP contribution >= 0.6 is 15.9 Å². The molecule has 3 heterocycles. The summed E-state index contributed by atoms with van der Waals surface area (Å²) in [6.45, 7) is 3.51. The molecule has 0 N–H and O–H groups in total. The molecule has 0 unspecified atom stereocenters. The minimum Gasteiger partial charge on any atom is -0.440 e. The minimum absolute atomic E-state index is 0.202. The Morgan fingerprint density at radius 2 is 1.97 bits per heavy atom. The Bertz CT molecular complexity index is 1420. The topological polar surface area (TPSA) is 75.1 Å². The van der Waals surface area contributed by atoms with E-state index in [0.717, 1.165) is 69.5 Å². The number of hydrogen-bond acceptors (Lipinski definition) is 5. The predicted molar refractivity (Wildman–Crippen MR) is 125 cm³/mol. The number of halogens is 1. The van der Waals surface area contributed by atoms with Gasteiger partial charge >= 0.3 is 0 Å². The van der Waals surface area contributed by atoms with E-state index in [2.05, 4.69) is 26.9 Å². The molecule has 0 amide bonds. The fourth-order valence-electron chi connectivity index (χ4n) is 4.50. The number of fused-ring (bicyclic) bond motifs is 2. The number of nitriles is 1. The van der Waals surface area contributed by atoms with Crippen LogP contribution in [0.1, 0.15) is 35.8 Å². The Morgan fingerprint density at radius 1 is 1.19 bits per heavy atom. The average Bonchev–Trinajstić information content (AvgIpc) is 3.19. The van der Waals surface area contributed by atoms with Gasteiger partial charge in [-0.2, -0.15) is 5.26 Å². The first-order valence-corrected chi connectivity index (χ1v) is 11.1. The van der Waals surface area contributed by atoms with E-state index >= 15 is 0 Å². The number of nitrogens with zero attached hydrogens (tertiary/aromatic N) is 4. The summed E-state index contributed by atoms with van der Waals surface area (Å²) in [7, 11) is 1.71. The molecule has 0 saturated carbocycles. The first-order chi connectivity index (χ1) is 15.0. The van der Waals surface area contributed by atoms with Crippen LogP contribution in [0.2, 0.25) is 0 Å². The third-order valence-electron chi connectivity index (χ3n) is 6.16. The maximum atomic E-state index is 12.9. The Morgan fingerprint density at radius 3 is 2.71 bits per heavy atom. The molecule has 31 heavy (non-hydrogen) atoms. The monoisotopic (exact) mass is 476 g/mol. The molecule has 0 aliphatic carbocycles. The number of aromatic nitrogens is 2. The first kappa shape index (κ1) is 19.8. The highest BCUT2D eigenvalue weighted by molar-refractivity contribution is 9.10. The molecule has 5 rings (SSSR count). The lowest BCUT2D eigenvalue weighted by Crippen LogP contribution is -2.35. The Hall–Kier alpha value is -3.11. The molecule has 6 nitrogen and oxygen atoms in total. The number of aryl methyl sites for hydroxylation is 2. The van der Waals surface area contributed by atoms with Crippen molar-refractivity contribution >= 4 is 43.6 Å². The van der Waals surface area contributed by atoms with E-state index in [1.54, 1.807) is 11.6 Å². The quantitative estimate of drug-likeness (QED) is 0.406. The van der Waals surface area contributed by atoms with E-state index in [1.807, 2.05) is 43.3 Å². The van der Waals surface area contributed by atoms with Crippen molar-refractivity contribution in [2.75, 3.05) is 18.0 Å². The van der Waals surface area contributed by atoms with Gasteiger partial charge < -0.3 is 13.9 Å². The van der Waals surface area contributed by atoms with Crippen molar-refractivity contribution in [2.24, 2.45) is 7.05 Å². The molecule has 2 aromatic heterocycles. The maximum absolute atomic E-state index is 12.9. The second-order valence-corrected chi connectivity index (χ2v) is 9.06. The van der Waals surface area contributed by atoms with Gasteiger partial charge in [-0.1, -0.05) is 22.0 Å². The summed E-state index contributed by atoms with van der Waals surface area (Å²) in [5.74, 6) is 1.000. The maximum Gasteiger partial charge on any atom is 0.270 e. The van der Waals surface area contributed by atoms with E-state index in [4.69, 9.17) is 9.40 Å². The fraction of sp³-hybridized carbons (Fsp3) is 0.292. The van der Waals surface area contributed by atoms with Gasteiger partial charge in [-0.05, 0) is 55.7 Å². The van der Waals surface area contributed by atoms with Crippen molar-refractivity contribution in [2.45, 2.75) is 25.7 Å². The molecule has 1 aliphatic heterocycles. The highest BCUT2D eigenvalue weighted by Crippen LogP contribution is 2.36. The summed E-state index contributed by atoms with van der Waals surface area (Å²) in [4.78, 5) is 19.8. The second kappa shape index (κ2) is 7.54. The van der Waals surface area contributed by atoms with Crippen LogP contribution in [-0.2, 0) is 7.05 Å². The van der Waals surface area contributed by atoms with Crippen LogP contribution in [0.4, 0.5) is 5.69 Å². The van der Waals surface area contributed by atoms with Gasteiger partial charge in [0, 0.05) is 35.9 Å². The Kier molecular flexibility index (Phi) is 4.82. The van der Waals surface area contributed by atoms with Gasteiger partial charge in [0.15, 0.2) is 11.5 Å². The van der Waals surface area contributed by atoms with Gasteiger partial charge in [-0.25, -0.2) is 4.98 Å². The largest absolute Gasteiger partial charge is 0.440 e. The third kappa shape index (κ3) is 3.31. The molecule has 0 spiro atoms. The summed E-state index contributed by atoms with van der Waals surface area (Å²) < 4.78 is 8.48. The van der Waals surface area contributed by atoms with Crippen LogP contribution in [0, 0.1) is 18.3 Å². The third-order valence-corrected chi connectivity index (χ3v) is 6.66. The van der Waals surface area contributed by atoms with E-state index in [0.29, 0.717) is 0 Å². The molecule has 1 aliphatic rings. The molecule has 156 valence electrons. The van der Waals surface area contributed by atoms with Crippen molar-refractivity contribution < 1.29 is 4.42 Å². The molecule has 2 aromatic carbocycles. The Labute approximate surface area is 187 Å². The molecule has 1 saturated heterocycles. The molecule has 4 aromatic rings. The van der Waals surface area contributed by atoms with Crippen LogP contribution in [0.3, 0.4) is 0 Å². The zero-order chi connectivity index (χ0) is 21.7. The van der Waals surface area contributed by atoms with Gasteiger partial charge in [-0.15, -0.1) is 0 Å². The summed E-state index contributed by atoms with van der Waals surface area (Å²) >= 11 is 3.49. The predicted octanol–water partition coefficient (Wildman–Crippen LogP) is 5.01. The van der Waals surface area contributed by atoms with Crippen LogP contribution in [0.25, 0.3) is 22.0 Å². The summed E-state index contributed by atoms with van der Waals surface area (Å²) in [6.07, 6.45) is 1.70. The lowest BCUT2D eigenvalue weighted by atomic mass is 9.95. The lowest BCUT2D eigenvalue weighted by Gasteiger charge is -2.33. The zero-order valence-corrected chi connectivity index (χ0v) is 18.9. The van der Waals surface area contributed by atoms with Crippen molar-refractivity contribution in [1.29, 1.82) is 5.26 Å². The average molecular weight is 477 g/mol. The number of pyridine rings is 1. The van der Waals surface area contributed by atoms with Gasteiger partial charge in [0.25, 0.3) is 5.56 Å². The van der Waals surface area contributed by atoms with Crippen LogP contribution in [0.15, 0.2) is 50.1 Å². The molecular formula is C24H21BrN4O2. The van der Waals surface area contributed by atoms with Crippen molar-refractivity contribution in [1.82, 2.24) is 9.55 Å². The molecule has 1 fully saturated rings. The van der Waals surface area contributed by atoms with Crippen LogP contribution in [-0.4, -0.2) is 22.6 Å². The number of benzene rings is 2. The standard InChI is InChI=1S/C24H21BrN4O2/c1-14-3-6-21-19(11-14)27-23(31-21)15-7-9-29(10-8-15)22-17-5-4-16(25)12-20(17)28(2)24(30)18(22)13-26/h3-6,11-12,15H,7-10H2,1-2H3. The molecule has 7 heteroatoms. The second-order valence-electron chi connectivity index (χ2n) is 8.15.